The van der Waals surface area contributed by atoms with Crippen molar-refractivity contribution in [3.05, 3.63) is 77.1 Å². The van der Waals surface area contributed by atoms with Crippen LogP contribution in [0.2, 0.25) is 0 Å². The van der Waals surface area contributed by atoms with Gasteiger partial charge < -0.3 is 4.74 Å². The zero-order valence-electron chi connectivity index (χ0n) is 17.0. The molecule has 172 valence electrons. The summed E-state index contributed by atoms with van der Waals surface area (Å²) < 4.78 is 70.0. The molecule has 2 aromatic heterocycles. The Morgan fingerprint density at radius 2 is 1.71 bits per heavy atom. The Morgan fingerprint density at radius 1 is 0.941 bits per heavy atom. The van der Waals surface area contributed by atoms with Crippen molar-refractivity contribution in [3.8, 4) is 11.4 Å². The molecule has 34 heavy (non-hydrogen) atoms. The molecule has 0 aliphatic carbocycles. The lowest BCUT2D eigenvalue weighted by atomic mass is 10.1. The monoisotopic (exact) mass is 474 g/mol. The average molecular weight is 474 g/mol. The minimum Gasteiger partial charge on any atom is -0.406 e. The molecule has 4 aromatic rings. The van der Waals surface area contributed by atoms with E-state index in [1.807, 2.05) is 0 Å². The maximum absolute atomic E-state index is 13.8. The number of nitrogens with zero attached hydrogens (tertiary/aromatic N) is 4. The van der Waals surface area contributed by atoms with Crippen LogP contribution in [0, 0.1) is 18.6 Å². The van der Waals surface area contributed by atoms with Crippen molar-refractivity contribution in [2.75, 3.05) is 4.90 Å². The van der Waals surface area contributed by atoms with Gasteiger partial charge in [0.2, 0.25) is 0 Å². The number of aromatic nitrogens is 3. The summed E-state index contributed by atoms with van der Waals surface area (Å²) in [5.41, 5.74) is 0.263. The van der Waals surface area contributed by atoms with Gasteiger partial charge in [0, 0.05) is 18.3 Å². The minimum absolute atomic E-state index is 0.0523. The van der Waals surface area contributed by atoms with Crippen LogP contribution in [0.1, 0.15) is 26.4 Å². The summed E-state index contributed by atoms with van der Waals surface area (Å²) >= 11 is 0. The third-order valence-electron chi connectivity index (χ3n) is 5.18. The van der Waals surface area contributed by atoms with Crippen molar-refractivity contribution >= 4 is 28.5 Å². The van der Waals surface area contributed by atoms with E-state index in [9.17, 15) is 31.5 Å². The number of imide groups is 1. The Kier molecular flexibility index (Phi) is 4.64. The van der Waals surface area contributed by atoms with Crippen molar-refractivity contribution in [1.82, 2.24) is 14.8 Å². The molecule has 0 radical (unpaired) electrons. The van der Waals surface area contributed by atoms with Gasteiger partial charge in [-0.2, -0.15) is 5.10 Å². The van der Waals surface area contributed by atoms with Crippen molar-refractivity contribution in [2.45, 2.75) is 13.3 Å². The highest BCUT2D eigenvalue weighted by atomic mass is 19.4. The van der Waals surface area contributed by atoms with Crippen LogP contribution >= 0.6 is 0 Å². The summed E-state index contributed by atoms with van der Waals surface area (Å²) in [4.78, 5) is 31.2. The number of carbonyl (C=O) groups is 2. The molecule has 0 N–H and O–H groups in total. The van der Waals surface area contributed by atoms with Gasteiger partial charge in [0.1, 0.15) is 5.75 Å². The number of hydrogen-bond acceptors (Lipinski definition) is 5. The number of benzene rings is 2. The molecule has 0 atom stereocenters. The number of rotatable bonds is 3. The Labute approximate surface area is 187 Å². The van der Waals surface area contributed by atoms with E-state index in [0.717, 1.165) is 30.5 Å². The van der Waals surface area contributed by atoms with E-state index in [4.69, 9.17) is 0 Å². The van der Waals surface area contributed by atoms with Gasteiger partial charge in [0.05, 0.1) is 33.6 Å². The zero-order valence-corrected chi connectivity index (χ0v) is 17.0. The van der Waals surface area contributed by atoms with Gasteiger partial charge in [0.25, 0.3) is 11.8 Å². The van der Waals surface area contributed by atoms with Crippen LogP contribution in [0.15, 0.2) is 48.7 Å². The number of hydrogen-bond donors (Lipinski definition) is 0. The normalized spacial score (nSPS) is 13.6. The second kappa shape index (κ2) is 7.33. The Morgan fingerprint density at radius 3 is 2.41 bits per heavy atom. The van der Waals surface area contributed by atoms with E-state index < -0.39 is 35.6 Å². The lowest BCUT2D eigenvalue weighted by Crippen LogP contribution is -2.29. The number of amides is 2. The van der Waals surface area contributed by atoms with E-state index in [0.29, 0.717) is 4.90 Å². The molecular weight excluding hydrogens is 463 g/mol. The van der Waals surface area contributed by atoms with E-state index in [1.165, 1.54) is 22.9 Å². The second-order valence-electron chi connectivity index (χ2n) is 7.33. The molecular formula is C22H11F5N4O3. The predicted octanol–water partition coefficient (Wildman–Crippen LogP) is 4.71. The Bertz CT molecular complexity index is 1510. The maximum atomic E-state index is 13.8. The molecule has 1 aliphatic heterocycles. The van der Waals surface area contributed by atoms with Gasteiger partial charge >= 0.3 is 6.36 Å². The number of halogens is 5. The summed E-state index contributed by atoms with van der Waals surface area (Å²) in [7, 11) is 0. The zero-order chi connectivity index (χ0) is 24.4. The van der Waals surface area contributed by atoms with Gasteiger partial charge in [-0.25, -0.2) is 23.3 Å². The highest BCUT2D eigenvalue weighted by Crippen LogP contribution is 2.36. The van der Waals surface area contributed by atoms with E-state index in [-0.39, 0.29) is 39.2 Å². The fourth-order valence-corrected chi connectivity index (χ4v) is 3.81. The average Bonchev–Trinajstić information content (AvgIpc) is 3.23. The van der Waals surface area contributed by atoms with Crippen LogP contribution in [0.4, 0.5) is 27.6 Å². The highest BCUT2D eigenvalue weighted by Gasteiger charge is 2.40. The number of ether oxygens (including phenoxy) is 1. The minimum atomic E-state index is -4.96. The first-order valence-electron chi connectivity index (χ1n) is 9.63. The van der Waals surface area contributed by atoms with Crippen molar-refractivity contribution in [2.24, 2.45) is 0 Å². The maximum Gasteiger partial charge on any atom is 0.573 e. The molecule has 7 nitrogen and oxygen atoms in total. The predicted molar refractivity (Wildman–Crippen MR) is 108 cm³/mol. The molecule has 0 saturated heterocycles. The molecule has 2 aromatic carbocycles. The second-order valence-corrected chi connectivity index (χ2v) is 7.33. The van der Waals surface area contributed by atoms with Crippen LogP contribution < -0.4 is 9.64 Å². The van der Waals surface area contributed by atoms with Crippen LogP contribution in [-0.4, -0.2) is 32.9 Å². The molecule has 0 bridgehead atoms. The largest absolute Gasteiger partial charge is 0.573 e. The fourth-order valence-electron chi connectivity index (χ4n) is 3.81. The molecule has 5 rings (SSSR count). The fraction of sp³-hybridized carbons (Fsp3) is 0.0909. The van der Waals surface area contributed by atoms with Crippen molar-refractivity contribution in [3.63, 3.8) is 0 Å². The third kappa shape index (κ3) is 3.34. The van der Waals surface area contributed by atoms with E-state index in [1.54, 1.807) is 6.92 Å². The van der Waals surface area contributed by atoms with Gasteiger partial charge in [-0.1, -0.05) is 6.07 Å². The molecule has 1 aliphatic rings. The molecule has 2 amide bonds. The van der Waals surface area contributed by atoms with Gasteiger partial charge in [-0.05, 0) is 31.2 Å². The van der Waals surface area contributed by atoms with Crippen molar-refractivity contribution in [1.29, 1.82) is 0 Å². The number of alkyl halides is 3. The summed E-state index contributed by atoms with van der Waals surface area (Å²) in [6.07, 6.45) is -3.83. The molecule has 12 heteroatoms. The standard InChI is InChI=1S/C22H11F5N4O3/c1-10-17-18-14(9-28-19(17)31(29-10)12-5-6-15(23)16(24)8-12)20(32)30(21(18)33)11-3-2-4-13(7-11)34-22(25,26)27/h2-9H,1H3. The first-order valence-corrected chi connectivity index (χ1v) is 9.63. The first-order chi connectivity index (χ1) is 16.0. The van der Waals surface area contributed by atoms with Gasteiger partial charge in [-0.15, -0.1) is 13.2 Å². The highest BCUT2D eigenvalue weighted by molar-refractivity contribution is 6.37. The summed E-state index contributed by atoms with van der Waals surface area (Å²) in [5.74, 6) is -4.37. The smallest absolute Gasteiger partial charge is 0.406 e. The molecule has 0 fully saturated rings. The number of carbonyl (C=O) groups excluding carboxylic acids is 2. The SMILES string of the molecule is Cc1nn(-c2ccc(F)c(F)c2)c2ncc3c(c12)C(=O)N(c1cccc(OC(F)(F)F)c1)C3=O. The van der Waals surface area contributed by atoms with Crippen molar-refractivity contribution < 1.29 is 36.3 Å². The van der Waals surface area contributed by atoms with Gasteiger partial charge in [0.15, 0.2) is 17.3 Å². The molecule has 0 saturated carbocycles. The Balaban J connectivity index is 1.62. The number of fused-ring (bicyclic) bond motifs is 3. The van der Waals surface area contributed by atoms with Crippen LogP contribution in [0.3, 0.4) is 0 Å². The number of anilines is 1. The van der Waals surface area contributed by atoms with Gasteiger partial charge in [-0.3, -0.25) is 9.59 Å². The molecule has 0 spiro atoms. The lowest BCUT2D eigenvalue weighted by Gasteiger charge is -2.15. The van der Waals surface area contributed by atoms with Crippen LogP contribution in [0.5, 0.6) is 5.75 Å². The van der Waals surface area contributed by atoms with Crippen LogP contribution in [-0.2, 0) is 0 Å². The Hall–Kier alpha value is -4.35. The molecule has 0 unspecified atom stereocenters. The number of aryl methyl sites for hydroxylation is 1. The number of pyridine rings is 1. The summed E-state index contributed by atoms with van der Waals surface area (Å²) in [5, 5.41) is 4.46. The van der Waals surface area contributed by atoms with Crippen LogP contribution in [0.25, 0.3) is 16.7 Å². The van der Waals surface area contributed by atoms with E-state index in [2.05, 4.69) is 14.8 Å². The summed E-state index contributed by atoms with van der Waals surface area (Å²) in [6, 6.07) is 7.52. The van der Waals surface area contributed by atoms with E-state index >= 15 is 0 Å². The quantitative estimate of drug-likeness (QED) is 0.318. The lowest BCUT2D eigenvalue weighted by molar-refractivity contribution is -0.274. The third-order valence-corrected chi connectivity index (χ3v) is 5.18. The first kappa shape index (κ1) is 21.5. The summed E-state index contributed by atoms with van der Waals surface area (Å²) in [6.45, 7) is 1.54. The topological polar surface area (TPSA) is 77.3 Å². The molecule has 3 heterocycles.